The maximum Gasteiger partial charge on any atom is 0.323 e. The molecule has 4 nitrogen and oxygen atoms in total. The van der Waals surface area contributed by atoms with Crippen LogP contribution in [0.3, 0.4) is 0 Å². The Bertz CT molecular complexity index is 467. The first-order valence-electron chi connectivity index (χ1n) is 7.35. The molecule has 1 fully saturated rings. The molecular weight excluding hydrogens is 254 g/mol. The Kier molecular flexibility index (Phi) is 5.01. The van der Waals surface area contributed by atoms with Crippen molar-refractivity contribution in [1.82, 2.24) is 0 Å². The fourth-order valence-corrected chi connectivity index (χ4v) is 2.95. The van der Waals surface area contributed by atoms with Gasteiger partial charge in [-0.05, 0) is 55.4 Å². The zero-order chi connectivity index (χ0) is 14.5. The van der Waals surface area contributed by atoms with Gasteiger partial charge in [0.2, 0.25) is 0 Å². The molecule has 2 rings (SSSR count). The third-order valence-electron chi connectivity index (χ3n) is 3.95. The maximum atomic E-state index is 11.7. The van der Waals surface area contributed by atoms with Crippen molar-refractivity contribution in [2.45, 2.75) is 51.0 Å². The minimum Gasteiger partial charge on any atom is -0.508 e. The normalized spacial score (nSPS) is 17.1. The second-order valence-electron chi connectivity index (χ2n) is 5.43. The molecule has 0 unspecified atom stereocenters. The van der Waals surface area contributed by atoms with Gasteiger partial charge in [-0.15, -0.1) is 0 Å². The molecule has 0 aromatic heterocycles. The summed E-state index contributed by atoms with van der Waals surface area (Å²) in [6.07, 6.45) is 5.20. The van der Waals surface area contributed by atoms with E-state index < -0.39 is 6.04 Å². The van der Waals surface area contributed by atoms with Gasteiger partial charge in [0.1, 0.15) is 11.8 Å². The fourth-order valence-electron chi connectivity index (χ4n) is 2.95. The van der Waals surface area contributed by atoms with Crippen LogP contribution in [0, 0.1) is 0 Å². The van der Waals surface area contributed by atoms with E-state index in [-0.39, 0.29) is 11.7 Å². The van der Waals surface area contributed by atoms with E-state index in [4.69, 9.17) is 10.5 Å². The van der Waals surface area contributed by atoms with Gasteiger partial charge in [-0.2, -0.15) is 0 Å². The predicted octanol–water partition coefficient (Wildman–Crippen LogP) is 2.48. The van der Waals surface area contributed by atoms with Crippen molar-refractivity contribution < 1.29 is 14.6 Å². The average molecular weight is 277 g/mol. The number of phenols is 1. The van der Waals surface area contributed by atoms with Gasteiger partial charge in [0, 0.05) is 0 Å². The van der Waals surface area contributed by atoms with E-state index in [1.165, 1.54) is 12.8 Å². The second kappa shape index (κ2) is 6.75. The Morgan fingerprint density at radius 2 is 2.15 bits per heavy atom. The van der Waals surface area contributed by atoms with E-state index >= 15 is 0 Å². The Morgan fingerprint density at radius 3 is 2.80 bits per heavy atom. The van der Waals surface area contributed by atoms with E-state index in [9.17, 15) is 9.90 Å². The first-order valence-corrected chi connectivity index (χ1v) is 7.35. The minimum absolute atomic E-state index is 0.278. The highest BCUT2D eigenvalue weighted by Crippen LogP contribution is 2.37. The van der Waals surface area contributed by atoms with Crippen molar-refractivity contribution in [3.63, 3.8) is 0 Å². The lowest BCUT2D eigenvalue weighted by atomic mass is 9.90. The SMILES string of the molecule is CCOC(=O)[C@@H](N)Cc1ccc(O)cc1C1CCCC1. The van der Waals surface area contributed by atoms with E-state index in [0.29, 0.717) is 18.9 Å². The lowest BCUT2D eigenvalue weighted by Crippen LogP contribution is -2.34. The highest BCUT2D eigenvalue weighted by molar-refractivity contribution is 5.76. The molecule has 20 heavy (non-hydrogen) atoms. The molecule has 1 saturated carbocycles. The molecule has 1 aromatic rings. The van der Waals surface area contributed by atoms with Crippen molar-refractivity contribution in [3.05, 3.63) is 29.3 Å². The molecule has 0 aliphatic heterocycles. The first kappa shape index (κ1) is 14.9. The number of hydrogen-bond acceptors (Lipinski definition) is 4. The number of carbonyl (C=O) groups is 1. The number of benzene rings is 1. The van der Waals surface area contributed by atoms with E-state index in [2.05, 4.69) is 0 Å². The van der Waals surface area contributed by atoms with Crippen molar-refractivity contribution in [2.75, 3.05) is 6.61 Å². The summed E-state index contributed by atoms with van der Waals surface area (Å²) in [6, 6.07) is 4.72. The molecule has 1 aromatic carbocycles. The molecule has 0 saturated heterocycles. The van der Waals surface area contributed by atoms with Gasteiger partial charge in [0.15, 0.2) is 0 Å². The number of carbonyl (C=O) groups excluding carboxylic acids is 1. The van der Waals surface area contributed by atoms with Gasteiger partial charge < -0.3 is 15.6 Å². The van der Waals surface area contributed by atoms with E-state index in [1.807, 2.05) is 12.1 Å². The molecule has 4 heteroatoms. The highest BCUT2D eigenvalue weighted by Gasteiger charge is 2.23. The smallest absolute Gasteiger partial charge is 0.323 e. The van der Waals surface area contributed by atoms with Gasteiger partial charge >= 0.3 is 5.97 Å². The van der Waals surface area contributed by atoms with Crippen LogP contribution in [-0.4, -0.2) is 23.7 Å². The highest BCUT2D eigenvalue weighted by atomic mass is 16.5. The summed E-state index contributed by atoms with van der Waals surface area (Å²) in [7, 11) is 0. The molecule has 110 valence electrons. The van der Waals surface area contributed by atoms with E-state index in [0.717, 1.165) is 24.0 Å². The van der Waals surface area contributed by atoms with Gasteiger partial charge in [-0.3, -0.25) is 4.79 Å². The van der Waals surface area contributed by atoms with Crippen molar-refractivity contribution in [2.24, 2.45) is 5.73 Å². The first-order chi connectivity index (χ1) is 9.61. The summed E-state index contributed by atoms with van der Waals surface area (Å²) in [5.74, 6) is 0.393. The Morgan fingerprint density at radius 1 is 1.45 bits per heavy atom. The average Bonchev–Trinajstić information content (AvgIpc) is 2.95. The van der Waals surface area contributed by atoms with Crippen LogP contribution in [0.1, 0.15) is 49.7 Å². The van der Waals surface area contributed by atoms with Crippen LogP contribution in [0.25, 0.3) is 0 Å². The van der Waals surface area contributed by atoms with Crippen molar-refractivity contribution in [1.29, 1.82) is 0 Å². The number of ether oxygens (including phenoxy) is 1. The Labute approximate surface area is 119 Å². The Hall–Kier alpha value is -1.55. The Balaban J connectivity index is 2.16. The summed E-state index contributed by atoms with van der Waals surface area (Å²) in [5, 5.41) is 9.70. The quantitative estimate of drug-likeness (QED) is 0.811. The van der Waals surface area contributed by atoms with Gasteiger partial charge in [0.25, 0.3) is 0 Å². The third kappa shape index (κ3) is 3.51. The molecule has 1 aliphatic rings. The number of aromatic hydroxyl groups is 1. The third-order valence-corrected chi connectivity index (χ3v) is 3.95. The molecule has 0 heterocycles. The zero-order valence-electron chi connectivity index (χ0n) is 12.0. The standard InChI is InChI=1S/C16H23NO3/c1-2-20-16(19)15(17)9-12-7-8-13(18)10-14(12)11-5-3-4-6-11/h7-8,10-11,15,18H,2-6,9,17H2,1H3/t15-/m0/s1. The summed E-state index contributed by atoms with van der Waals surface area (Å²) < 4.78 is 4.95. The molecule has 1 aliphatic carbocycles. The second-order valence-corrected chi connectivity index (χ2v) is 5.43. The molecule has 1 atom stereocenters. The van der Waals surface area contributed by atoms with Crippen LogP contribution in [-0.2, 0) is 16.0 Å². The summed E-state index contributed by atoms with van der Waals surface area (Å²) >= 11 is 0. The van der Waals surface area contributed by atoms with Crippen LogP contribution in [0.5, 0.6) is 5.75 Å². The van der Waals surface area contributed by atoms with Crippen LogP contribution >= 0.6 is 0 Å². The topological polar surface area (TPSA) is 72.5 Å². The molecule has 3 N–H and O–H groups in total. The van der Waals surface area contributed by atoms with Crippen LogP contribution < -0.4 is 5.73 Å². The summed E-state index contributed by atoms with van der Waals surface area (Å²) in [6.45, 7) is 2.12. The lowest BCUT2D eigenvalue weighted by Gasteiger charge is -2.18. The van der Waals surface area contributed by atoms with Crippen LogP contribution in [0.15, 0.2) is 18.2 Å². The van der Waals surface area contributed by atoms with Crippen LogP contribution in [0.2, 0.25) is 0 Å². The monoisotopic (exact) mass is 277 g/mol. The van der Waals surface area contributed by atoms with Gasteiger partial charge in [-0.1, -0.05) is 18.9 Å². The predicted molar refractivity (Wildman–Crippen MR) is 77.6 cm³/mol. The van der Waals surface area contributed by atoms with E-state index in [1.54, 1.807) is 13.0 Å². The molecule has 0 bridgehead atoms. The fraction of sp³-hybridized carbons (Fsp3) is 0.562. The molecular formula is C16H23NO3. The number of nitrogens with two attached hydrogens (primary N) is 1. The molecule has 0 amide bonds. The van der Waals surface area contributed by atoms with Crippen LogP contribution in [0.4, 0.5) is 0 Å². The molecule has 0 spiro atoms. The number of esters is 1. The number of rotatable bonds is 5. The molecule has 0 radical (unpaired) electrons. The lowest BCUT2D eigenvalue weighted by molar-refractivity contribution is -0.144. The maximum absolute atomic E-state index is 11.7. The largest absolute Gasteiger partial charge is 0.508 e. The van der Waals surface area contributed by atoms with Crippen molar-refractivity contribution in [3.8, 4) is 5.75 Å². The van der Waals surface area contributed by atoms with Crippen molar-refractivity contribution >= 4 is 5.97 Å². The number of hydrogen-bond donors (Lipinski definition) is 2. The zero-order valence-corrected chi connectivity index (χ0v) is 12.0. The number of phenolic OH excluding ortho intramolecular Hbond substituents is 1. The summed E-state index contributed by atoms with van der Waals surface area (Å²) in [5.41, 5.74) is 8.10. The summed E-state index contributed by atoms with van der Waals surface area (Å²) in [4.78, 5) is 11.7. The van der Waals surface area contributed by atoms with Gasteiger partial charge in [0.05, 0.1) is 6.61 Å². The minimum atomic E-state index is -0.639. The van der Waals surface area contributed by atoms with Gasteiger partial charge in [-0.25, -0.2) is 0 Å².